The van der Waals surface area contributed by atoms with E-state index in [4.69, 9.17) is 4.74 Å². The van der Waals surface area contributed by atoms with Crippen LogP contribution in [0.25, 0.3) is 0 Å². The van der Waals surface area contributed by atoms with E-state index >= 15 is 0 Å². The van der Waals surface area contributed by atoms with Gasteiger partial charge in [0.05, 0.1) is 13.2 Å². The van der Waals surface area contributed by atoms with E-state index in [1.807, 2.05) is 6.92 Å². The lowest BCUT2D eigenvalue weighted by molar-refractivity contribution is -0.147. The third kappa shape index (κ3) is 3.96. The number of ether oxygens (including phenoxy) is 1. The van der Waals surface area contributed by atoms with Crippen molar-refractivity contribution in [3.05, 3.63) is 0 Å². The molecular formula is C13H25NO3. The molecule has 1 N–H and O–H groups in total. The lowest BCUT2D eigenvalue weighted by Crippen LogP contribution is -2.41. The minimum absolute atomic E-state index is 0.122. The highest BCUT2D eigenvalue weighted by atomic mass is 16.5. The molecule has 0 saturated carbocycles. The highest BCUT2D eigenvalue weighted by molar-refractivity contribution is 5.75. The number of rotatable bonds is 6. The molecule has 17 heavy (non-hydrogen) atoms. The van der Waals surface area contributed by atoms with Crippen molar-refractivity contribution in [2.24, 2.45) is 5.92 Å². The Hall–Kier alpha value is -0.610. The number of unbranched alkanes of at least 4 members (excludes halogenated alkanes) is 1. The first kappa shape index (κ1) is 14.5. The van der Waals surface area contributed by atoms with E-state index in [9.17, 15) is 9.90 Å². The Balaban J connectivity index is 2.55. The van der Waals surface area contributed by atoms with Crippen LogP contribution in [0.2, 0.25) is 0 Å². The molecular weight excluding hydrogens is 218 g/mol. The maximum absolute atomic E-state index is 11.8. The van der Waals surface area contributed by atoms with E-state index in [1.165, 1.54) is 7.11 Å². The Kier molecular flexibility index (Phi) is 5.92. The number of methoxy groups -OCH3 is 1. The highest BCUT2D eigenvalue weighted by Crippen LogP contribution is 2.24. The zero-order valence-corrected chi connectivity index (χ0v) is 11.2. The average molecular weight is 243 g/mol. The first-order chi connectivity index (χ1) is 8.10. The molecule has 3 atom stereocenters. The van der Waals surface area contributed by atoms with Crippen molar-refractivity contribution in [2.45, 2.75) is 51.7 Å². The molecule has 3 unspecified atom stereocenters. The molecule has 0 aromatic carbocycles. The molecule has 1 fully saturated rings. The van der Waals surface area contributed by atoms with Crippen LogP contribution in [0.5, 0.6) is 0 Å². The summed E-state index contributed by atoms with van der Waals surface area (Å²) in [6.07, 6.45) is 3.66. The van der Waals surface area contributed by atoms with E-state index in [-0.39, 0.29) is 18.1 Å². The molecule has 1 aliphatic rings. The largest absolute Gasteiger partial charge is 0.468 e. The first-order valence-electron chi connectivity index (χ1n) is 6.60. The van der Waals surface area contributed by atoms with E-state index < -0.39 is 0 Å². The predicted octanol–water partition coefficient (Wildman–Crippen LogP) is 1.42. The van der Waals surface area contributed by atoms with Gasteiger partial charge >= 0.3 is 5.97 Å². The van der Waals surface area contributed by atoms with Crippen molar-refractivity contribution in [1.29, 1.82) is 0 Å². The van der Waals surface area contributed by atoms with Gasteiger partial charge < -0.3 is 9.84 Å². The minimum Gasteiger partial charge on any atom is -0.468 e. The fourth-order valence-corrected chi connectivity index (χ4v) is 2.48. The Morgan fingerprint density at radius 1 is 1.59 bits per heavy atom. The molecule has 4 nitrogen and oxygen atoms in total. The van der Waals surface area contributed by atoms with Gasteiger partial charge in [0.15, 0.2) is 0 Å². The van der Waals surface area contributed by atoms with Crippen molar-refractivity contribution in [1.82, 2.24) is 4.90 Å². The molecule has 100 valence electrons. The second kappa shape index (κ2) is 6.97. The van der Waals surface area contributed by atoms with Crippen molar-refractivity contribution in [3.63, 3.8) is 0 Å². The topological polar surface area (TPSA) is 49.8 Å². The number of carbonyl (C=O) groups is 1. The molecule has 0 amide bonds. The van der Waals surface area contributed by atoms with Gasteiger partial charge in [-0.05, 0) is 32.2 Å². The van der Waals surface area contributed by atoms with E-state index in [0.29, 0.717) is 5.92 Å². The predicted molar refractivity (Wildman–Crippen MR) is 66.7 cm³/mol. The molecule has 0 aromatic rings. The minimum atomic E-state index is -0.288. The van der Waals surface area contributed by atoms with Gasteiger partial charge in [0.1, 0.15) is 6.04 Å². The second-order valence-corrected chi connectivity index (χ2v) is 4.97. The van der Waals surface area contributed by atoms with Crippen LogP contribution < -0.4 is 0 Å². The van der Waals surface area contributed by atoms with Crippen LogP contribution in [0.3, 0.4) is 0 Å². The number of hydrogen-bond acceptors (Lipinski definition) is 4. The van der Waals surface area contributed by atoms with Crippen LogP contribution in [0, 0.1) is 5.92 Å². The molecule has 0 bridgehead atoms. The van der Waals surface area contributed by atoms with Crippen LogP contribution in [0.4, 0.5) is 0 Å². The smallest absolute Gasteiger partial charge is 0.323 e. The fourth-order valence-electron chi connectivity index (χ4n) is 2.48. The average Bonchev–Trinajstić information content (AvgIpc) is 2.78. The van der Waals surface area contributed by atoms with Crippen LogP contribution in [-0.4, -0.2) is 48.3 Å². The standard InChI is InChI=1S/C13H25NO3/c1-4-5-6-12(13(16)17-3)14-8-7-11(9-14)10(2)15/h10-12,15H,4-9H2,1-3H3. The maximum atomic E-state index is 11.8. The summed E-state index contributed by atoms with van der Waals surface area (Å²) in [4.78, 5) is 13.9. The summed E-state index contributed by atoms with van der Waals surface area (Å²) < 4.78 is 4.87. The number of aliphatic hydroxyl groups excluding tert-OH is 1. The zero-order valence-electron chi connectivity index (χ0n) is 11.2. The van der Waals surface area contributed by atoms with Crippen molar-refractivity contribution in [3.8, 4) is 0 Å². The third-order valence-corrected chi connectivity index (χ3v) is 3.68. The molecule has 0 radical (unpaired) electrons. The van der Waals surface area contributed by atoms with Crippen LogP contribution in [-0.2, 0) is 9.53 Å². The van der Waals surface area contributed by atoms with Gasteiger partial charge in [-0.3, -0.25) is 9.69 Å². The van der Waals surface area contributed by atoms with Gasteiger partial charge in [-0.1, -0.05) is 19.8 Å². The quantitative estimate of drug-likeness (QED) is 0.717. The van der Waals surface area contributed by atoms with E-state index in [0.717, 1.165) is 38.8 Å². The molecule has 0 spiro atoms. The number of carbonyl (C=O) groups excluding carboxylic acids is 1. The SMILES string of the molecule is CCCCC(C(=O)OC)N1CCC(C(C)O)C1. The number of nitrogens with zero attached hydrogens (tertiary/aromatic N) is 1. The summed E-state index contributed by atoms with van der Waals surface area (Å²) in [5.74, 6) is 0.161. The summed E-state index contributed by atoms with van der Waals surface area (Å²) >= 11 is 0. The summed E-state index contributed by atoms with van der Waals surface area (Å²) in [5, 5.41) is 9.58. The molecule has 1 saturated heterocycles. The van der Waals surface area contributed by atoms with Gasteiger partial charge in [-0.25, -0.2) is 0 Å². The van der Waals surface area contributed by atoms with Gasteiger partial charge in [0.2, 0.25) is 0 Å². The highest BCUT2D eigenvalue weighted by Gasteiger charge is 2.34. The number of hydrogen-bond donors (Lipinski definition) is 1. The zero-order chi connectivity index (χ0) is 12.8. The van der Waals surface area contributed by atoms with Gasteiger partial charge in [-0.2, -0.15) is 0 Å². The van der Waals surface area contributed by atoms with Crippen LogP contribution >= 0.6 is 0 Å². The van der Waals surface area contributed by atoms with Crippen molar-refractivity contribution in [2.75, 3.05) is 20.2 Å². The van der Waals surface area contributed by atoms with Crippen molar-refractivity contribution >= 4 is 5.97 Å². The summed E-state index contributed by atoms with van der Waals surface area (Å²) in [6, 6.07) is -0.122. The van der Waals surface area contributed by atoms with E-state index in [2.05, 4.69) is 11.8 Å². The van der Waals surface area contributed by atoms with Gasteiger partial charge in [-0.15, -0.1) is 0 Å². The van der Waals surface area contributed by atoms with Crippen molar-refractivity contribution < 1.29 is 14.6 Å². The number of aliphatic hydroxyl groups is 1. The lowest BCUT2D eigenvalue weighted by Gasteiger charge is -2.25. The summed E-state index contributed by atoms with van der Waals surface area (Å²) in [7, 11) is 1.45. The number of esters is 1. The summed E-state index contributed by atoms with van der Waals surface area (Å²) in [5.41, 5.74) is 0. The summed E-state index contributed by atoms with van der Waals surface area (Å²) in [6.45, 7) is 5.64. The van der Waals surface area contributed by atoms with Gasteiger partial charge in [0.25, 0.3) is 0 Å². The molecule has 4 heteroatoms. The van der Waals surface area contributed by atoms with Gasteiger partial charge in [0, 0.05) is 6.54 Å². The van der Waals surface area contributed by atoms with E-state index in [1.54, 1.807) is 0 Å². The Bertz CT molecular complexity index is 243. The third-order valence-electron chi connectivity index (χ3n) is 3.68. The Morgan fingerprint density at radius 3 is 2.76 bits per heavy atom. The molecule has 1 heterocycles. The molecule has 0 aromatic heterocycles. The molecule has 1 rings (SSSR count). The Morgan fingerprint density at radius 2 is 2.29 bits per heavy atom. The first-order valence-corrected chi connectivity index (χ1v) is 6.60. The molecule has 1 aliphatic heterocycles. The fraction of sp³-hybridized carbons (Fsp3) is 0.923. The van der Waals surface area contributed by atoms with Crippen LogP contribution in [0.15, 0.2) is 0 Å². The monoisotopic (exact) mass is 243 g/mol. The lowest BCUT2D eigenvalue weighted by atomic mass is 10.0. The number of likely N-dealkylation sites (tertiary alicyclic amines) is 1. The normalized spacial score (nSPS) is 24.6. The maximum Gasteiger partial charge on any atom is 0.323 e. The second-order valence-electron chi connectivity index (χ2n) is 4.97. The molecule has 0 aliphatic carbocycles. The Labute approximate surface area is 104 Å². The van der Waals surface area contributed by atoms with Crippen LogP contribution in [0.1, 0.15) is 39.5 Å².